The fourth-order valence-electron chi connectivity index (χ4n) is 2.08. The first-order valence-electron chi connectivity index (χ1n) is 10.7. The maximum absolute atomic E-state index is 10.6. The number of carboxylic acid groups (broad SMARTS) is 1. The van der Waals surface area contributed by atoms with Crippen LogP contribution in [0.2, 0.25) is 0 Å². The molecule has 12 heteroatoms. The highest BCUT2D eigenvalue weighted by atomic mass is 16.4. The van der Waals surface area contributed by atoms with Gasteiger partial charge in [0.1, 0.15) is 17.3 Å². The molecular formula is C21H41N5O7. The fraction of sp³-hybridized carbons (Fsp3) is 0.714. The van der Waals surface area contributed by atoms with Gasteiger partial charge in [-0.2, -0.15) is 0 Å². The number of amides is 2. The second kappa shape index (κ2) is 21.2. The van der Waals surface area contributed by atoms with Gasteiger partial charge in [0, 0.05) is 19.3 Å². The van der Waals surface area contributed by atoms with E-state index < -0.39 is 24.1 Å². The van der Waals surface area contributed by atoms with E-state index in [4.69, 9.17) is 33.8 Å². The Bertz CT molecular complexity index is 555. The minimum Gasteiger partial charge on any atom is -0.481 e. The minimum atomic E-state index is -0.847. The lowest BCUT2D eigenvalue weighted by atomic mass is 10.1. The van der Waals surface area contributed by atoms with Crippen molar-refractivity contribution in [2.24, 2.45) is 28.7 Å². The highest BCUT2D eigenvalue weighted by Crippen LogP contribution is 2.00. The number of carbonyl (C=O) groups excluding carboxylic acids is 5. The highest BCUT2D eigenvalue weighted by Gasteiger charge is 2.09. The van der Waals surface area contributed by atoms with E-state index in [-0.39, 0.29) is 35.6 Å². The molecule has 0 fully saturated rings. The number of ketones is 3. The van der Waals surface area contributed by atoms with Crippen LogP contribution in [-0.4, -0.2) is 58.4 Å². The van der Waals surface area contributed by atoms with Crippen LogP contribution in [0, 0.1) is 0 Å². The van der Waals surface area contributed by atoms with E-state index >= 15 is 0 Å². The summed E-state index contributed by atoms with van der Waals surface area (Å²) in [4.78, 5) is 62.2. The molecule has 0 heterocycles. The summed E-state index contributed by atoms with van der Waals surface area (Å²) in [5.74, 6) is -1.72. The Labute approximate surface area is 195 Å². The van der Waals surface area contributed by atoms with Crippen LogP contribution in [-0.2, 0) is 28.8 Å². The van der Waals surface area contributed by atoms with Crippen LogP contribution in [0.25, 0.3) is 0 Å². The van der Waals surface area contributed by atoms with E-state index in [0.717, 1.165) is 0 Å². The van der Waals surface area contributed by atoms with Crippen LogP contribution in [0.1, 0.15) is 78.6 Å². The van der Waals surface area contributed by atoms with Crippen molar-refractivity contribution in [2.45, 2.75) is 96.7 Å². The number of hydrogen-bond donors (Lipinski definition) is 6. The second-order valence-electron chi connectivity index (χ2n) is 7.65. The first-order chi connectivity index (χ1) is 15.1. The van der Waals surface area contributed by atoms with Crippen molar-refractivity contribution in [3.63, 3.8) is 0 Å². The molecule has 0 rings (SSSR count). The van der Waals surface area contributed by atoms with Crippen LogP contribution in [0.4, 0.5) is 0 Å². The normalized spacial score (nSPS) is 12.5. The van der Waals surface area contributed by atoms with E-state index in [1.807, 2.05) is 0 Å². The van der Waals surface area contributed by atoms with Gasteiger partial charge in [-0.3, -0.25) is 28.8 Å². The van der Waals surface area contributed by atoms with Crippen molar-refractivity contribution < 1.29 is 33.9 Å². The predicted molar refractivity (Wildman–Crippen MR) is 124 cm³/mol. The Hall–Kier alpha value is -2.70. The van der Waals surface area contributed by atoms with E-state index in [2.05, 4.69) is 0 Å². The quantitative estimate of drug-likeness (QED) is 0.173. The fourth-order valence-corrected chi connectivity index (χ4v) is 2.08. The number of rotatable bonds is 15. The summed E-state index contributed by atoms with van der Waals surface area (Å²) in [6, 6.07) is -1.36. The summed E-state index contributed by atoms with van der Waals surface area (Å²) < 4.78 is 0. The second-order valence-corrected chi connectivity index (χ2v) is 7.65. The molecule has 0 aromatic heterocycles. The monoisotopic (exact) mass is 475 g/mol. The average molecular weight is 476 g/mol. The first-order valence-corrected chi connectivity index (χ1v) is 10.7. The van der Waals surface area contributed by atoms with Gasteiger partial charge in [0.05, 0.1) is 18.1 Å². The smallest absolute Gasteiger partial charge is 0.303 e. The van der Waals surface area contributed by atoms with Crippen molar-refractivity contribution in [1.82, 2.24) is 0 Å². The molecule has 192 valence electrons. The molecular weight excluding hydrogens is 434 g/mol. The van der Waals surface area contributed by atoms with Gasteiger partial charge in [0.15, 0.2) is 0 Å². The van der Waals surface area contributed by atoms with E-state index in [9.17, 15) is 28.8 Å². The summed E-state index contributed by atoms with van der Waals surface area (Å²) in [5, 5.41) is 8.24. The van der Waals surface area contributed by atoms with Gasteiger partial charge in [-0.05, 0) is 59.3 Å². The molecule has 0 unspecified atom stereocenters. The zero-order valence-corrected chi connectivity index (χ0v) is 19.9. The van der Waals surface area contributed by atoms with Crippen molar-refractivity contribution in [2.75, 3.05) is 0 Å². The van der Waals surface area contributed by atoms with Gasteiger partial charge in [-0.15, -0.1) is 0 Å². The lowest BCUT2D eigenvalue weighted by molar-refractivity contribution is -0.137. The van der Waals surface area contributed by atoms with Crippen molar-refractivity contribution in [1.29, 1.82) is 0 Å². The van der Waals surface area contributed by atoms with E-state index in [1.54, 1.807) is 0 Å². The third-order valence-electron chi connectivity index (χ3n) is 4.35. The van der Waals surface area contributed by atoms with Gasteiger partial charge >= 0.3 is 5.97 Å². The van der Waals surface area contributed by atoms with E-state index in [1.165, 1.54) is 20.8 Å². The molecule has 0 spiro atoms. The molecule has 2 amide bonds. The molecule has 0 aromatic rings. The average Bonchev–Trinajstić information content (AvgIpc) is 2.67. The number of nitrogens with two attached hydrogens (primary N) is 5. The minimum absolute atomic E-state index is 0.0468. The summed E-state index contributed by atoms with van der Waals surface area (Å²) in [5.41, 5.74) is 25.9. The zero-order valence-electron chi connectivity index (χ0n) is 19.9. The number of hydrogen-bond acceptors (Lipinski definition) is 9. The Morgan fingerprint density at radius 3 is 1.00 bits per heavy atom. The topological polar surface area (TPSA) is 253 Å². The molecule has 0 saturated heterocycles. The molecule has 12 nitrogen and oxygen atoms in total. The third kappa shape index (κ3) is 29.3. The maximum atomic E-state index is 10.6. The van der Waals surface area contributed by atoms with Gasteiger partial charge < -0.3 is 33.8 Å². The van der Waals surface area contributed by atoms with Crippen LogP contribution < -0.4 is 28.7 Å². The SMILES string of the molecule is CC(=O)[C@@H](N)CCCC(=O)O.CC(=O)[C@@H](N)CCCC(N)=O.CC(=O)[C@H](N)CCCC(N)=O. The molecule has 0 radical (unpaired) electrons. The predicted octanol–water partition coefficient (Wildman–Crippen LogP) is -0.726. The number of aliphatic carboxylic acids is 1. The Morgan fingerprint density at radius 1 is 0.576 bits per heavy atom. The standard InChI is InChI=1S/2C7H14N2O2.C7H13NO3/c2*1-5(10)6(8)3-2-4-7(9)11;1-5(9)6(8)3-2-4-7(10)11/h2*6H,2-4,8H2,1H3,(H2,9,11);6H,2-4,8H2,1H3,(H,10,11)/t3*6-/m100/s1. The van der Waals surface area contributed by atoms with Crippen LogP contribution in [0.3, 0.4) is 0 Å². The summed E-state index contributed by atoms with van der Waals surface area (Å²) in [6.07, 6.45) is 3.89. The number of Topliss-reactive ketones (excluding diaryl/α,β-unsaturated/α-hetero) is 3. The van der Waals surface area contributed by atoms with Crippen LogP contribution >= 0.6 is 0 Å². The highest BCUT2D eigenvalue weighted by molar-refractivity contribution is 5.82. The number of carbonyl (C=O) groups is 6. The van der Waals surface area contributed by atoms with Crippen molar-refractivity contribution in [3.8, 4) is 0 Å². The zero-order chi connectivity index (χ0) is 26.6. The summed E-state index contributed by atoms with van der Waals surface area (Å²) in [6.45, 7) is 4.29. The molecule has 11 N–H and O–H groups in total. The summed E-state index contributed by atoms with van der Waals surface area (Å²) in [7, 11) is 0. The van der Waals surface area contributed by atoms with Gasteiger partial charge in [-0.25, -0.2) is 0 Å². The number of carboxylic acids is 1. The van der Waals surface area contributed by atoms with Gasteiger partial charge in [0.2, 0.25) is 11.8 Å². The molecule has 0 saturated carbocycles. The van der Waals surface area contributed by atoms with Crippen molar-refractivity contribution in [3.05, 3.63) is 0 Å². The van der Waals surface area contributed by atoms with Crippen molar-refractivity contribution >= 4 is 35.1 Å². The molecule has 0 aromatic carbocycles. The van der Waals surface area contributed by atoms with Crippen LogP contribution in [0.5, 0.6) is 0 Å². The largest absolute Gasteiger partial charge is 0.481 e. The van der Waals surface area contributed by atoms with E-state index in [0.29, 0.717) is 51.4 Å². The molecule has 0 aliphatic rings. The lowest BCUT2D eigenvalue weighted by Gasteiger charge is -2.04. The molecule has 0 bridgehead atoms. The molecule has 3 atom stereocenters. The maximum Gasteiger partial charge on any atom is 0.303 e. The molecule has 0 aliphatic carbocycles. The number of primary amides is 2. The van der Waals surface area contributed by atoms with Gasteiger partial charge in [-0.1, -0.05) is 0 Å². The molecule has 0 aliphatic heterocycles. The molecule has 33 heavy (non-hydrogen) atoms. The van der Waals surface area contributed by atoms with Gasteiger partial charge in [0.25, 0.3) is 0 Å². The summed E-state index contributed by atoms with van der Waals surface area (Å²) >= 11 is 0. The Balaban J connectivity index is -0.000000409. The Kier molecular flexibility index (Phi) is 22.4. The van der Waals surface area contributed by atoms with Crippen LogP contribution in [0.15, 0.2) is 0 Å². The lowest BCUT2D eigenvalue weighted by Crippen LogP contribution is -2.28. The Morgan fingerprint density at radius 2 is 0.818 bits per heavy atom. The first kappa shape index (κ1) is 34.9. The third-order valence-corrected chi connectivity index (χ3v) is 4.35.